The Hall–Kier alpha value is -2.05. The van der Waals surface area contributed by atoms with Crippen molar-refractivity contribution < 1.29 is 0 Å². The Morgan fingerprint density at radius 3 is 2.63 bits per heavy atom. The first-order valence-corrected chi connectivity index (χ1v) is 6.46. The Morgan fingerprint density at radius 2 is 2.05 bits per heavy atom. The summed E-state index contributed by atoms with van der Waals surface area (Å²) >= 11 is 0. The molecule has 0 aromatic carbocycles. The van der Waals surface area contributed by atoms with Crippen LogP contribution in [0, 0.1) is 0 Å². The summed E-state index contributed by atoms with van der Waals surface area (Å²) in [5.74, 6) is 0.589. The van der Waals surface area contributed by atoms with Crippen LogP contribution in [0.1, 0.15) is 33.2 Å². The molecule has 104 valence electrons. The number of nitrogens with one attached hydrogen (secondary N) is 2. The molecule has 0 spiro atoms. The minimum atomic E-state index is -0.409. The highest BCUT2D eigenvalue weighted by Gasteiger charge is 2.18. The third kappa shape index (κ3) is 2.05. The second-order valence-corrected chi connectivity index (χ2v) is 4.58. The van der Waals surface area contributed by atoms with E-state index in [1.54, 1.807) is 11.6 Å². The van der Waals surface area contributed by atoms with Crippen LogP contribution in [0.15, 0.2) is 9.59 Å². The van der Waals surface area contributed by atoms with Crippen molar-refractivity contribution in [2.45, 2.75) is 33.2 Å². The summed E-state index contributed by atoms with van der Waals surface area (Å²) in [6.45, 7) is 6.57. The van der Waals surface area contributed by atoms with E-state index in [1.165, 1.54) is 4.57 Å². The number of aromatic nitrogens is 4. The summed E-state index contributed by atoms with van der Waals surface area (Å²) in [6.07, 6.45) is 0.786. The molecule has 2 N–H and O–H groups in total. The lowest BCUT2D eigenvalue weighted by atomic mass is 10.2. The number of aryl methyl sites for hydroxylation is 1. The number of H-pyrrole nitrogens is 1. The number of nitrogens with zero attached hydrogens (tertiary/aromatic N) is 3. The number of aromatic amines is 1. The molecule has 7 heteroatoms. The van der Waals surface area contributed by atoms with Crippen LogP contribution in [0.5, 0.6) is 0 Å². The number of hydrogen-bond donors (Lipinski definition) is 2. The van der Waals surface area contributed by atoms with E-state index in [9.17, 15) is 9.59 Å². The number of rotatable bonds is 4. The second kappa shape index (κ2) is 4.91. The van der Waals surface area contributed by atoms with Gasteiger partial charge in [0.2, 0.25) is 5.95 Å². The lowest BCUT2D eigenvalue weighted by molar-refractivity contribution is 0.517. The van der Waals surface area contributed by atoms with Crippen molar-refractivity contribution in [2.24, 2.45) is 7.05 Å². The summed E-state index contributed by atoms with van der Waals surface area (Å²) in [5.41, 5.74) is 0.0316. The standard InChI is InChI=1S/C12H19N5O2/c1-5-7(3)17-9-8(10(18)15-12(17)19)16(4)11(14-9)13-6-2/h7H,5-6H2,1-4H3,(H,13,14)(H,15,18,19). The highest BCUT2D eigenvalue weighted by molar-refractivity contribution is 5.74. The Balaban J connectivity index is 2.86. The molecular weight excluding hydrogens is 246 g/mol. The van der Waals surface area contributed by atoms with E-state index < -0.39 is 11.2 Å². The monoisotopic (exact) mass is 265 g/mol. The van der Waals surface area contributed by atoms with Crippen LogP contribution in [-0.2, 0) is 7.05 Å². The lowest BCUT2D eigenvalue weighted by Crippen LogP contribution is -2.32. The Morgan fingerprint density at radius 1 is 1.37 bits per heavy atom. The van der Waals surface area contributed by atoms with Crippen LogP contribution in [0.2, 0.25) is 0 Å². The van der Waals surface area contributed by atoms with E-state index in [0.29, 0.717) is 23.7 Å². The predicted molar refractivity (Wildman–Crippen MR) is 74.8 cm³/mol. The van der Waals surface area contributed by atoms with Crippen LogP contribution < -0.4 is 16.6 Å². The van der Waals surface area contributed by atoms with Crippen molar-refractivity contribution in [3.63, 3.8) is 0 Å². The van der Waals surface area contributed by atoms with Crippen LogP contribution in [0.3, 0.4) is 0 Å². The van der Waals surface area contributed by atoms with Gasteiger partial charge in [-0.3, -0.25) is 14.3 Å². The minimum Gasteiger partial charge on any atom is -0.356 e. The normalized spacial score (nSPS) is 12.8. The maximum absolute atomic E-state index is 12.0. The molecule has 0 radical (unpaired) electrons. The molecule has 0 bridgehead atoms. The summed E-state index contributed by atoms with van der Waals surface area (Å²) in [6, 6.07) is -0.0174. The average Bonchev–Trinajstić information content (AvgIpc) is 2.67. The second-order valence-electron chi connectivity index (χ2n) is 4.58. The molecule has 1 atom stereocenters. The zero-order chi connectivity index (χ0) is 14.2. The Bertz CT molecular complexity index is 709. The van der Waals surface area contributed by atoms with E-state index >= 15 is 0 Å². The molecule has 2 aromatic heterocycles. The van der Waals surface area contributed by atoms with Gasteiger partial charge in [-0.1, -0.05) is 6.92 Å². The van der Waals surface area contributed by atoms with Crippen molar-refractivity contribution >= 4 is 17.1 Å². The summed E-state index contributed by atoms with van der Waals surface area (Å²) in [7, 11) is 1.76. The van der Waals surface area contributed by atoms with Gasteiger partial charge in [-0.25, -0.2) is 4.79 Å². The lowest BCUT2D eigenvalue weighted by Gasteiger charge is -2.12. The SMILES string of the molecule is CCNc1nc2c(c(=O)[nH]c(=O)n2C(C)CC)n1C. The topological polar surface area (TPSA) is 84.7 Å². The van der Waals surface area contributed by atoms with Crippen molar-refractivity contribution in [3.05, 3.63) is 20.8 Å². The molecule has 0 saturated carbocycles. The molecule has 2 heterocycles. The van der Waals surface area contributed by atoms with Crippen LogP contribution >= 0.6 is 0 Å². The first-order valence-electron chi connectivity index (χ1n) is 6.46. The quantitative estimate of drug-likeness (QED) is 0.857. The van der Waals surface area contributed by atoms with Gasteiger partial charge in [-0.2, -0.15) is 4.98 Å². The van der Waals surface area contributed by atoms with Gasteiger partial charge in [0.05, 0.1) is 0 Å². The van der Waals surface area contributed by atoms with Gasteiger partial charge >= 0.3 is 5.69 Å². The summed E-state index contributed by atoms with van der Waals surface area (Å²) in [4.78, 5) is 30.7. The molecule has 7 nitrogen and oxygen atoms in total. The molecule has 0 fully saturated rings. The predicted octanol–water partition coefficient (Wildman–Crippen LogP) is 0.826. The van der Waals surface area contributed by atoms with E-state index in [0.717, 1.165) is 6.42 Å². The van der Waals surface area contributed by atoms with Crippen LogP contribution in [0.4, 0.5) is 5.95 Å². The molecule has 2 aromatic rings. The highest BCUT2D eigenvalue weighted by atomic mass is 16.2. The van der Waals surface area contributed by atoms with Crippen molar-refractivity contribution in [1.29, 1.82) is 0 Å². The fraction of sp³-hybridized carbons (Fsp3) is 0.583. The fourth-order valence-corrected chi connectivity index (χ4v) is 2.13. The van der Waals surface area contributed by atoms with Gasteiger partial charge in [0.25, 0.3) is 5.56 Å². The first-order chi connectivity index (χ1) is 9.01. The number of hydrogen-bond acceptors (Lipinski definition) is 4. The van der Waals surface area contributed by atoms with Gasteiger partial charge in [0.15, 0.2) is 11.2 Å². The van der Waals surface area contributed by atoms with Crippen molar-refractivity contribution in [1.82, 2.24) is 19.1 Å². The summed E-state index contributed by atoms with van der Waals surface area (Å²) in [5, 5.41) is 3.08. The van der Waals surface area contributed by atoms with Gasteiger partial charge in [-0.15, -0.1) is 0 Å². The molecular formula is C12H19N5O2. The molecule has 0 aliphatic heterocycles. The molecule has 1 unspecified atom stereocenters. The molecule has 0 aliphatic rings. The van der Waals surface area contributed by atoms with Crippen molar-refractivity contribution in [3.8, 4) is 0 Å². The first kappa shape index (κ1) is 13.4. The van der Waals surface area contributed by atoms with Crippen LogP contribution in [0.25, 0.3) is 11.2 Å². The maximum atomic E-state index is 12.0. The average molecular weight is 265 g/mol. The van der Waals surface area contributed by atoms with Gasteiger partial charge in [-0.05, 0) is 20.3 Å². The molecule has 0 amide bonds. The third-order valence-electron chi connectivity index (χ3n) is 3.33. The van der Waals surface area contributed by atoms with E-state index in [4.69, 9.17) is 0 Å². The maximum Gasteiger partial charge on any atom is 0.330 e. The van der Waals surface area contributed by atoms with Gasteiger partial charge < -0.3 is 9.88 Å². The number of anilines is 1. The number of fused-ring (bicyclic) bond motifs is 1. The van der Waals surface area contributed by atoms with Gasteiger partial charge in [0.1, 0.15) is 0 Å². The van der Waals surface area contributed by atoms with Crippen molar-refractivity contribution in [2.75, 3.05) is 11.9 Å². The van der Waals surface area contributed by atoms with E-state index in [2.05, 4.69) is 15.3 Å². The van der Waals surface area contributed by atoms with E-state index in [1.807, 2.05) is 20.8 Å². The highest BCUT2D eigenvalue weighted by Crippen LogP contribution is 2.17. The zero-order valence-corrected chi connectivity index (χ0v) is 11.6. The third-order valence-corrected chi connectivity index (χ3v) is 3.33. The molecule has 2 rings (SSSR count). The smallest absolute Gasteiger partial charge is 0.330 e. The molecule has 19 heavy (non-hydrogen) atoms. The Kier molecular flexibility index (Phi) is 3.46. The number of imidazole rings is 1. The Labute approximate surface area is 110 Å². The fourth-order valence-electron chi connectivity index (χ4n) is 2.13. The van der Waals surface area contributed by atoms with Gasteiger partial charge in [0, 0.05) is 19.6 Å². The molecule has 0 saturated heterocycles. The minimum absolute atomic E-state index is 0.0174. The zero-order valence-electron chi connectivity index (χ0n) is 11.6. The van der Waals surface area contributed by atoms with E-state index in [-0.39, 0.29) is 6.04 Å². The molecule has 0 aliphatic carbocycles. The largest absolute Gasteiger partial charge is 0.356 e. The van der Waals surface area contributed by atoms with Crippen LogP contribution in [-0.4, -0.2) is 25.6 Å². The summed E-state index contributed by atoms with van der Waals surface area (Å²) < 4.78 is 3.22.